The lowest BCUT2D eigenvalue weighted by molar-refractivity contribution is -0.120. The highest BCUT2D eigenvalue weighted by Gasteiger charge is 2.00. The molecule has 0 aromatic heterocycles. The Kier molecular flexibility index (Phi) is 3.81. The smallest absolute Gasteiger partial charge is 0.273 e. The monoisotopic (exact) mass is 212 g/mol. The zero-order chi connectivity index (χ0) is 10.4. The maximum atomic E-state index is 11.0. The predicted molar refractivity (Wildman–Crippen MR) is 49.6 cm³/mol. The van der Waals surface area contributed by atoms with Crippen LogP contribution in [0, 0.1) is 0 Å². The first-order valence-corrected chi connectivity index (χ1v) is 4.84. The van der Waals surface area contributed by atoms with Crippen molar-refractivity contribution in [2.45, 2.75) is 6.42 Å². The normalized spacial score (nSPS) is 9.14. The van der Waals surface area contributed by atoms with E-state index in [0.29, 0.717) is 0 Å². The molecule has 5 nitrogen and oxygen atoms in total. The first-order valence-electron chi connectivity index (χ1n) is 3.81. The first kappa shape index (κ1) is 10.4. The molecule has 1 rings (SSSR count). The SMILES string of the molecule is O=C(Cc1ccccc1)NN=S(=O)=O. The molecule has 1 aromatic rings. The topological polar surface area (TPSA) is 75.6 Å². The number of amides is 1. The minimum absolute atomic E-state index is 0.113. The van der Waals surface area contributed by atoms with Crippen molar-refractivity contribution in [1.82, 2.24) is 5.43 Å². The number of nitrogens with zero attached hydrogens (tertiary/aromatic N) is 1. The van der Waals surface area contributed by atoms with Crippen LogP contribution in [0.4, 0.5) is 0 Å². The molecule has 0 aliphatic carbocycles. The van der Waals surface area contributed by atoms with Crippen LogP contribution in [-0.2, 0) is 21.7 Å². The van der Waals surface area contributed by atoms with E-state index in [1.807, 2.05) is 11.5 Å². The molecule has 0 fully saturated rings. The van der Waals surface area contributed by atoms with Crippen molar-refractivity contribution < 1.29 is 13.2 Å². The van der Waals surface area contributed by atoms with Gasteiger partial charge in [0.15, 0.2) is 0 Å². The molecule has 14 heavy (non-hydrogen) atoms. The van der Waals surface area contributed by atoms with Gasteiger partial charge in [0.25, 0.3) is 0 Å². The highest BCUT2D eigenvalue weighted by atomic mass is 32.2. The van der Waals surface area contributed by atoms with E-state index in [1.165, 1.54) is 0 Å². The summed E-state index contributed by atoms with van der Waals surface area (Å²) in [6.45, 7) is 0. The standard InChI is InChI=1S/C8H8N2O3S/c11-8(9-10-14(12)13)6-7-4-2-1-3-5-7/h1-5H,6H2,(H,9,11). The van der Waals surface area contributed by atoms with Gasteiger partial charge in [0.05, 0.1) is 6.42 Å². The molecule has 0 unspecified atom stereocenters. The Morgan fingerprint density at radius 1 is 1.29 bits per heavy atom. The second-order valence-electron chi connectivity index (χ2n) is 2.51. The van der Waals surface area contributed by atoms with Gasteiger partial charge in [-0.1, -0.05) is 34.8 Å². The van der Waals surface area contributed by atoms with Crippen molar-refractivity contribution in [3.05, 3.63) is 35.9 Å². The summed E-state index contributed by atoms with van der Waals surface area (Å²) < 4.78 is 22.8. The number of nitrogens with one attached hydrogen (secondary N) is 1. The second-order valence-corrected chi connectivity index (χ2v) is 3.12. The first-order chi connectivity index (χ1) is 6.68. The summed E-state index contributed by atoms with van der Waals surface area (Å²) in [6.07, 6.45) is 0.113. The third-order valence-corrected chi connectivity index (χ3v) is 1.69. The number of carbonyl (C=O) groups excluding carboxylic acids is 1. The Labute approximate surface area is 82.4 Å². The Bertz CT molecular complexity index is 431. The quantitative estimate of drug-likeness (QED) is 0.733. The lowest BCUT2D eigenvalue weighted by Crippen LogP contribution is -2.19. The fraction of sp³-hybridized carbons (Fsp3) is 0.125. The van der Waals surface area contributed by atoms with Gasteiger partial charge in [0, 0.05) is 0 Å². The van der Waals surface area contributed by atoms with Gasteiger partial charge in [-0.2, -0.15) is 8.42 Å². The minimum atomic E-state index is -2.60. The van der Waals surface area contributed by atoms with Crippen LogP contribution in [0.15, 0.2) is 34.8 Å². The van der Waals surface area contributed by atoms with Crippen LogP contribution >= 0.6 is 0 Å². The second kappa shape index (κ2) is 5.13. The predicted octanol–water partition coefficient (Wildman–Crippen LogP) is 0.323. The molecule has 1 N–H and O–H groups in total. The van der Waals surface area contributed by atoms with Crippen molar-refractivity contribution in [3.8, 4) is 0 Å². The molecular weight excluding hydrogens is 204 g/mol. The van der Waals surface area contributed by atoms with E-state index in [2.05, 4.69) is 4.47 Å². The fourth-order valence-corrected chi connectivity index (χ4v) is 1.09. The molecule has 0 radical (unpaired) electrons. The van der Waals surface area contributed by atoms with Crippen molar-refractivity contribution in [2.24, 2.45) is 4.47 Å². The lowest BCUT2D eigenvalue weighted by Gasteiger charge is -1.97. The minimum Gasteiger partial charge on any atom is -0.273 e. The molecule has 6 heteroatoms. The Balaban J connectivity index is 2.54. The largest absolute Gasteiger partial charge is 0.332 e. The number of hydrogen-bond acceptors (Lipinski definition) is 4. The average Bonchev–Trinajstić information content (AvgIpc) is 2.16. The number of rotatable bonds is 3. The van der Waals surface area contributed by atoms with Gasteiger partial charge < -0.3 is 0 Å². The molecule has 1 aromatic carbocycles. The summed E-state index contributed by atoms with van der Waals surface area (Å²) in [5, 5.41) is 0. The van der Waals surface area contributed by atoms with E-state index >= 15 is 0 Å². The van der Waals surface area contributed by atoms with Gasteiger partial charge in [-0.3, -0.25) is 4.79 Å². The Hall–Kier alpha value is -1.69. The molecule has 0 spiro atoms. The lowest BCUT2D eigenvalue weighted by atomic mass is 10.1. The zero-order valence-electron chi connectivity index (χ0n) is 7.17. The van der Waals surface area contributed by atoms with E-state index in [4.69, 9.17) is 0 Å². The van der Waals surface area contributed by atoms with E-state index < -0.39 is 16.4 Å². The van der Waals surface area contributed by atoms with E-state index in [0.717, 1.165) is 5.56 Å². The summed E-state index contributed by atoms with van der Waals surface area (Å²) in [5.41, 5.74) is 2.71. The zero-order valence-corrected chi connectivity index (χ0v) is 7.99. The molecular formula is C8H8N2O3S. The molecule has 0 heterocycles. The summed E-state index contributed by atoms with van der Waals surface area (Å²) in [5.74, 6) is -0.458. The van der Waals surface area contributed by atoms with Crippen LogP contribution in [-0.4, -0.2) is 14.3 Å². The van der Waals surface area contributed by atoms with E-state index in [-0.39, 0.29) is 6.42 Å². The van der Waals surface area contributed by atoms with Gasteiger partial charge in [0.2, 0.25) is 5.91 Å². The maximum Gasteiger partial charge on any atom is 0.332 e. The molecule has 0 aliphatic heterocycles. The molecule has 0 saturated carbocycles. The van der Waals surface area contributed by atoms with Crippen LogP contribution in [0.2, 0.25) is 0 Å². The van der Waals surface area contributed by atoms with Crippen LogP contribution in [0.1, 0.15) is 5.56 Å². The van der Waals surface area contributed by atoms with Gasteiger partial charge in [0.1, 0.15) is 0 Å². The Morgan fingerprint density at radius 2 is 1.93 bits per heavy atom. The van der Waals surface area contributed by atoms with Gasteiger partial charge in [-0.05, 0) is 5.56 Å². The highest BCUT2D eigenvalue weighted by Crippen LogP contribution is 1.98. The summed E-state index contributed by atoms with van der Waals surface area (Å²) in [4.78, 5) is 11.0. The highest BCUT2D eigenvalue weighted by molar-refractivity contribution is 7.61. The van der Waals surface area contributed by atoms with Gasteiger partial charge in [-0.15, -0.1) is 0 Å². The molecule has 0 atom stereocenters. The summed E-state index contributed by atoms with van der Waals surface area (Å²) in [7, 11) is -2.60. The van der Waals surface area contributed by atoms with Crippen LogP contribution in [0.25, 0.3) is 0 Å². The van der Waals surface area contributed by atoms with Gasteiger partial charge >= 0.3 is 10.5 Å². The van der Waals surface area contributed by atoms with Crippen molar-refractivity contribution in [2.75, 3.05) is 0 Å². The van der Waals surface area contributed by atoms with Crippen LogP contribution < -0.4 is 5.43 Å². The van der Waals surface area contributed by atoms with Crippen molar-refractivity contribution >= 4 is 16.4 Å². The Morgan fingerprint density at radius 3 is 2.50 bits per heavy atom. The molecule has 0 saturated heterocycles. The summed E-state index contributed by atoms with van der Waals surface area (Å²) >= 11 is 0. The number of carbonyl (C=O) groups is 1. The average molecular weight is 212 g/mol. The number of benzene rings is 1. The van der Waals surface area contributed by atoms with E-state index in [1.54, 1.807) is 24.3 Å². The molecule has 1 amide bonds. The molecule has 0 bridgehead atoms. The third kappa shape index (κ3) is 3.81. The third-order valence-electron chi connectivity index (χ3n) is 1.45. The molecule has 74 valence electrons. The fourth-order valence-electron chi connectivity index (χ4n) is 0.909. The van der Waals surface area contributed by atoms with Crippen LogP contribution in [0.3, 0.4) is 0 Å². The number of hydrogen-bond donors (Lipinski definition) is 1. The molecule has 0 aliphatic rings. The van der Waals surface area contributed by atoms with Crippen LogP contribution in [0.5, 0.6) is 0 Å². The van der Waals surface area contributed by atoms with E-state index in [9.17, 15) is 13.2 Å². The van der Waals surface area contributed by atoms with Crippen molar-refractivity contribution in [1.29, 1.82) is 0 Å². The maximum absolute atomic E-state index is 11.0. The summed E-state index contributed by atoms with van der Waals surface area (Å²) in [6, 6.07) is 8.97. The van der Waals surface area contributed by atoms with Crippen molar-refractivity contribution in [3.63, 3.8) is 0 Å². The van der Waals surface area contributed by atoms with Gasteiger partial charge in [-0.25, -0.2) is 5.43 Å².